The molecule has 2 fully saturated rings. The van der Waals surface area contributed by atoms with Gasteiger partial charge >= 0.3 is 0 Å². The lowest BCUT2D eigenvalue weighted by atomic mass is 9.88. The van der Waals surface area contributed by atoms with Gasteiger partial charge in [-0.25, -0.2) is 9.37 Å². The van der Waals surface area contributed by atoms with Gasteiger partial charge in [-0.2, -0.15) is 0 Å². The Bertz CT molecular complexity index is 759. The average molecular weight is 392 g/mol. The van der Waals surface area contributed by atoms with Gasteiger partial charge in [-0.1, -0.05) is 12.1 Å². The number of rotatable bonds is 5. The van der Waals surface area contributed by atoms with E-state index in [9.17, 15) is 14.6 Å². The van der Waals surface area contributed by atoms with Crippen molar-refractivity contribution in [2.24, 2.45) is 0 Å². The average Bonchev–Trinajstić information content (AvgIpc) is 3.29. The minimum absolute atomic E-state index is 0.213. The van der Waals surface area contributed by atoms with Crippen LogP contribution in [0.2, 0.25) is 0 Å². The van der Waals surface area contributed by atoms with Gasteiger partial charge in [-0.05, 0) is 37.0 Å². The summed E-state index contributed by atoms with van der Waals surface area (Å²) in [6.45, 7) is 4.71. The van der Waals surface area contributed by atoms with E-state index in [0.717, 1.165) is 55.4 Å². The molecule has 146 valence electrons. The molecule has 5 nitrogen and oxygen atoms in total. The number of nitrogens with zero attached hydrogens (tertiary/aromatic N) is 3. The Labute approximate surface area is 163 Å². The van der Waals surface area contributed by atoms with Gasteiger partial charge in [0.1, 0.15) is 16.4 Å². The van der Waals surface area contributed by atoms with Crippen molar-refractivity contribution in [2.75, 3.05) is 26.2 Å². The molecule has 3 heterocycles. The van der Waals surface area contributed by atoms with E-state index in [1.807, 2.05) is 17.5 Å². The van der Waals surface area contributed by atoms with Crippen LogP contribution in [0.4, 0.5) is 4.39 Å². The van der Waals surface area contributed by atoms with Crippen LogP contribution in [-0.4, -0.2) is 57.3 Å². The number of aromatic nitrogens is 1. The number of hydrogen-bond donors (Lipinski definition) is 2. The number of piperidine rings is 1. The van der Waals surface area contributed by atoms with Crippen LogP contribution in [-0.2, 0) is 18.7 Å². The topological polar surface area (TPSA) is 59.8 Å². The fourth-order valence-corrected chi connectivity index (χ4v) is 4.86. The Balaban J connectivity index is 1.33. The molecule has 7 heteroatoms. The second-order valence-corrected chi connectivity index (χ2v) is 8.68. The van der Waals surface area contributed by atoms with Gasteiger partial charge in [-0.15, -0.1) is 11.3 Å². The first-order chi connectivity index (χ1) is 13.0. The number of benzene rings is 1. The van der Waals surface area contributed by atoms with Gasteiger partial charge in [-0.3, -0.25) is 9.80 Å². The van der Waals surface area contributed by atoms with Crippen LogP contribution in [0, 0.1) is 5.82 Å². The van der Waals surface area contributed by atoms with Gasteiger partial charge in [0.05, 0.1) is 18.3 Å². The first-order valence-corrected chi connectivity index (χ1v) is 10.4. The van der Waals surface area contributed by atoms with Gasteiger partial charge < -0.3 is 10.2 Å². The first-order valence-electron chi connectivity index (χ1n) is 9.55. The minimum Gasteiger partial charge on any atom is -0.392 e. The Kier molecular flexibility index (Phi) is 5.57. The van der Waals surface area contributed by atoms with Crippen LogP contribution in [0.15, 0.2) is 29.6 Å². The van der Waals surface area contributed by atoms with E-state index in [-0.39, 0.29) is 11.9 Å². The lowest BCUT2D eigenvalue weighted by molar-refractivity contribution is -0.0308. The molecule has 0 spiro atoms. The predicted octanol–water partition coefficient (Wildman–Crippen LogP) is 2.33. The summed E-state index contributed by atoms with van der Waals surface area (Å²) in [5, 5.41) is 23.7. The van der Waals surface area contributed by atoms with Crippen LogP contribution in [0.5, 0.6) is 0 Å². The monoisotopic (exact) mass is 391 g/mol. The van der Waals surface area contributed by atoms with Crippen molar-refractivity contribution < 1.29 is 14.6 Å². The number of β-amino-alcohol motifs (C(OH)–C–C–N with tert-alkyl or cyclic N) is 1. The van der Waals surface area contributed by atoms with E-state index in [2.05, 4.69) is 9.80 Å². The van der Waals surface area contributed by atoms with E-state index in [1.165, 1.54) is 12.1 Å². The number of aliphatic hydroxyl groups is 2. The third-order valence-corrected chi connectivity index (χ3v) is 6.47. The maximum atomic E-state index is 13.0. The Morgan fingerprint density at radius 2 is 1.85 bits per heavy atom. The molecule has 2 N–H and O–H groups in total. The summed E-state index contributed by atoms with van der Waals surface area (Å²) in [6.07, 6.45) is 1.91. The molecule has 0 saturated carbocycles. The molecule has 2 aromatic rings. The standard InChI is InChI=1S/C20H26FN3O2S/c21-16-3-1-15(2-4-16)11-23-9-6-20(26,7-10-23)18-14-27-19(22-18)13-24-8-5-17(25)12-24/h1-4,14,17,25-26H,5-13H2. The zero-order valence-corrected chi connectivity index (χ0v) is 16.2. The molecule has 1 unspecified atom stereocenters. The molecule has 0 aliphatic carbocycles. The number of aliphatic hydroxyl groups excluding tert-OH is 1. The van der Waals surface area contributed by atoms with Crippen LogP contribution in [0.3, 0.4) is 0 Å². The second kappa shape index (κ2) is 7.93. The fraction of sp³-hybridized carbons (Fsp3) is 0.550. The number of halogens is 1. The van der Waals surface area contributed by atoms with Crippen LogP contribution in [0.25, 0.3) is 0 Å². The van der Waals surface area contributed by atoms with Crippen molar-refractivity contribution in [2.45, 2.75) is 44.1 Å². The second-order valence-electron chi connectivity index (χ2n) is 7.74. The number of hydrogen-bond acceptors (Lipinski definition) is 6. The Hall–Kier alpha value is -1.38. The number of likely N-dealkylation sites (tertiary alicyclic amines) is 2. The normalized spacial score (nSPS) is 23.7. The van der Waals surface area contributed by atoms with Crippen LogP contribution in [0.1, 0.15) is 35.5 Å². The summed E-state index contributed by atoms with van der Waals surface area (Å²) in [5.41, 5.74) is 1.01. The van der Waals surface area contributed by atoms with E-state index in [4.69, 9.17) is 4.98 Å². The molecule has 0 amide bonds. The van der Waals surface area contributed by atoms with Gasteiger partial charge in [0.15, 0.2) is 0 Å². The van der Waals surface area contributed by atoms with Gasteiger partial charge in [0.2, 0.25) is 0 Å². The molecule has 4 rings (SSSR count). The Morgan fingerprint density at radius 1 is 1.11 bits per heavy atom. The first kappa shape index (κ1) is 19.0. The molecule has 2 aliphatic heterocycles. The molecule has 1 atom stereocenters. The van der Waals surface area contributed by atoms with E-state index in [0.29, 0.717) is 19.4 Å². The smallest absolute Gasteiger partial charge is 0.123 e. The quantitative estimate of drug-likeness (QED) is 0.819. The highest BCUT2D eigenvalue weighted by atomic mass is 32.1. The summed E-state index contributed by atoms with van der Waals surface area (Å²) < 4.78 is 13.0. The highest BCUT2D eigenvalue weighted by molar-refractivity contribution is 7.09. The zero-order chi connectivity index (χ0) is 18.9. The molecule has 27 heavy (non-hydrogen) atoms. The summed E-state index contributed by atoms with van der Waals surface area (Å²) in [7, 11) is 0. The number of thiazole rings is 1. The highest BCUT2D eigenvalue weighted by Crippen LogP contribution is 2.34. The van der Waals surface area contributed by atoms with E-state index >= 15 is 0 Å². The van der Waals surface area contributed by atoms with Gasteiger partial charge in [0, 0.05) is 38.1 Å². The molecular formula is C20H26FN3O2S. The lowest BCUT2D eigenvalue weighted by Crippen LogP contribution is -2.42. The third kappa shape index (κ3) is 4.55. The largest absolute Gasteiger partial charge is 0.392 e. The van der Waals surface area contributed by atoms with Crippen molar-refractivity contribution in [3.63, 3.8) is 0 Å². The van der Waals surface area contributed by atoms with Gasteiger partial charge in [0.25, 0.3) is 0 Å². The van der Waals surface area contributed by atoms with Crippen molar-refractivity contribution >= 4 is 11.3 Å². The molecule has 1 aromatic carbocycles. The highest BCUT2D eigenvalue weighted by Gasteiger charge is 2.36. The van der Waals surface area contributed by atoms with E-state index < -0.39 is 5.60 Å². The lowest BCUT2D eigenvalue weighted by Gasteiger charge is -2.37. The van der Waals surface area contributed by atoms with Crippen molar-refractivity contribution in [1.29, 1.82) is 0 Å². The molecular weight excluding hydrogens is 365 g/mol. The SMILES string of the molecule is OC1CCN(Cc2nc(C3(O)CCN(Cc4ccc(F)cc4)CC3)cs2)C1. The molecule has 0 radical (unpaired) electrons. The molecule has 1 aromatic heterocycles. The molecule has 2 saturated heterocycles. The van der Waals surface area contributed by atoms with Crippen molar-refractivity contribution in [3.8, 4) is 0 Å². The fourth-order valence-electron chi connectivity index (χ4n) is 3.93. The van der Waals surface area contributed by atoms with Crippen molar-refractivity contribution in [1.82, 2.24) is 14.8 Å². The predicted molar refractivity (Wildman–Crippen MR) is 103 cm³/mol. The van der Waals surface area contributed by atoms with Crippen molar-refractivity contribution in [3.05, 3.63) is 51.7 Å². The molecule has 0 bridgehead atoms. The summed E-state index contributed by atoms with van der Waals surface area (Å²) in [6, 6.07) is 6.62. The maximum absolute atomic E-state index is 13.0. The third-order valence-electron chi connectivity index (χ3n) is 5.64. The minimum atomic E-state index is -0.863. The molecule has 2 aliphatic rings. The summed E-state index contributed by atoms with van der Waals surface area (Å²) >= 11 is 1.59. The Morgan fingerprint density at radius 3 is 2.52 bits per heavy atom. The van der Waals surface area contributed by atoms with E-state index in [1.54, 1.807) is 11.3 Å². The van der Waals surface area contributed by atoms with Crippen LogP contribution < -0.4 is 0 Å². The summed E-state index contributed by atoms with van der Waals surface area (Å²) in [5.74, 6) is -0.213. The zero-order valence-electron chi connectivity index (χ0n) is 15.4. The summed E-state index contributed by atoms with van der Waals surface area (Å²) in [4.78, 5) is 9.20. The maximum Gasteiger partial charge on any atom is 0.123 e. The van der Waals surface area contributed by atoms with Crippen LogP contribution >= 0.6 is 11.3 Å².